The minimum atomic E-state index is -0.529. The third-order valence-electron chi connectivity index (χ3n) is 1.43. The maximum absolute atomic E-state index is 10.7. The Morgan fingerprint density at radius 2 is 2.08 bits per heavy atom. The fraction of sp³-hybridized carbons (Fsp3) is 0.625. The van der Waals surface area contributed by atoms with E-state index in [9.17, 15) is 4.79 Å². The lowest BCUT2D eigenvalue weighted by Crippen LogP contribution is -2.31. The van der Waals surface area contributed by atoms with Crippen molar-refractivity contribution >= 4 is 17.6 Å². The van der Waals surface area contributed by atoms with E-state index in [1.54, 1.807) is 20.8 Å². The Labute approximate surface area is 78.3 Å². The van der Waals surface area contributed by atoms with Gasteiger partial charge in [-0.15, -0.1) is 11.6 Å². The van der Waals surface area contributed by atoms with Crippen LogP contribution in [-0.2, 0) is 9.53 Å². The topological polar surface area (TPSA) is 61.3 Å². The number of carbonyl (C=O) groups excluding carboxylic acids is 1. The molecular weight excluding hydrogens is 178 g/mol. The van der Waals surface area contributed by atoms with Crippen LogP contribution in [-0.4, -0.2) is 16.9 Å². The van der Waals surface area contributed by atoms with Crippen molar-refractivity contribution in [3.8, 4) is 0 Å². The standard InChI is InChI=1S/C8H13ClO2.H3N/c1-5-7(10)11-6(2)8(3,4)9;/h5-6H,1H2,2-4H3;1H3. The summed E-state index contributed by atoms with van der Waals surface area (Å²) in [7, 11) is 0. The molecule has 0 aromatic carbocycles. The van der Waals surface area contributed by atoms with Gasteiger partial charge in [-0.05, 0) is 20.8 Å². The Morgan fingerprint density at radius 3 is 2.33 bits per heavy atom. The molecule has 0 saturated heterocycles. The van der Waals surface area contributed by atoms with Gasteiger partial charge in [-0.1, -0.05) is 6.58 Å². The highest BCUT2D eigenvalue weighted by Crippen LogP contribution is 2.20. The minimum Gasteiger partial charge on any atom is -0.458 e. The predicted molar refractivity (Wildman–Crippen MR) is 50.7 cm³/mol. The monoisotopic (exact) mass is 193 g/mol. The molecule has 4 heteroatoms. The van der Waals surface area contributed by atoms with Crippen molar-refractivity contribution in [1.82, 2.24) is 6.15 Å². The number of hydrogen-bond acceptors (Lipinski definition) is 3. The normalized spacial score (nSPS) is 12.7. The molecule has 0 amide bonds. The molecule has 0 radical (unpaired) electrons. The molecule has 0 heterocycles. The van der Waals surface area contributed by atoms with Gasteiger partial charge in [-0.25, -0.2) is 4.79 Å². The zero-order chi connectivity index (χ0) is 9.07. The number of esters is 1. The highest BCUT2D eigenvalue weighted by Gasteiger charge is 2.25. The molecule has 0 aliphatic heterocycles. The van der Waals surface area contributed by atoms with Gasteiger partial charge in [0, 0.05) is 6.08 Å². The largest absolute Gasteiger partial charge is 0.458 e. The van der Waals surface area contributed by atoms with Crippen LogP contribution in [0.1, 0.15) is 20.8 Å². The molecule has 1 unspecified atom stereocenters. The van der Waals surface area contributed by atoms with Gasteiger partial charge in [-0.2, -0.15) is 0 Å². The predicted octanol–water partition coefficient (Wildman–Crippen LogP) is 2.28. The fourth-order valence-electron chi connectivity index (χ4n) is 0.362. The van der Waals surface area contributed by atoms with Crippen molar-refractivity contribution in [2.24, 2.45) is 0 Å². The maximum atomic E-state index is 10.7. The van der Waals surface area contributed by atoms with Crippen molar-refractivity contribution < 1.29 is 9.53 Å². The SMILES string of the molecule is C=CC(=O)OC(C)C(C)(C)Cl.N. The van der Waals surface area contributed by atoms with E-state index < -0.39 is 10.8 Å². The zero-order valence-corrected chi connectivity index (χ0v) is 8.52. The van der Waals surface area contributed by atoms with E-state index in [-0.39, 0.29) is 12.3 Å². The molecule has 0 bridgehead atoms. The van der Waals surface area contributed by atoms with Crippen molar-refractivity contribution in [2.75, 3.05) is 0 Å². The molecule has 72 valence electrons. The molecule has 0 spiro atoms. The summed E-state index contributed by atoms with van der Waals surface area (Å²) in [6, 6.07) is 0. The molecule has 3 N–H and O–H groups in total. The van der Waals surface area contributed by atoms with E-state index in [4.69, 9.17) is 16.3 Å². The van der Waals surface area contributed by atoms with Crippen LogP contribution in [0.2, 0.25) is 0 Å². The second-order valence-electron chi connectivity index (χ2n) is 2.85. The third kappa shape index (κ3) is 5.16. The summed E-state index contributed by atoms with van der Waals surface area (Å²) in [5, 5.41) is 0. The number of ether oxygens (including phenoxy) is 1. The summed E-state index contributed by atoms with van der Waals surface area (Å²) >= 11 is 5.87. The van der Waals surface area contributed by atoms with Gasteiger partial charge in [0.05, 0.1) is 4.87 Å². The maximum Gasteiger partial charge on any atom is 0.330 e. The summed E-state index contributed by atoms with van der Waals surface area (Å²) in [5.74, 6) is -0.439. The first kappa shape index (κ1) is 14.0. The second kappa shape index (κ2) is 5.17. The van der Waals surface area contributed by atoms with Gasteiger partial charge in [0.1, 0.15) is 6.10 Å². The quantitative estimate of drug-likeness (QED) is 0.425. The van der Waals surface area contributed by atoms with Gasteiger partial charge >= 0.3 is 5.97 Å². The van der Waals surface area contributed by atoms with Crippen LogP contribution in [0.3, 0.4) is 0 Å². The van der Waals surface area contributed by atoms with E-state index in [0.29, 0.717) is 0 Å². The Bertz CT molecular complexity index is 163. The lowest BCUT2D eigenvalue weighted by molar-refractivity contribution is -0.143. The first-order chi connectivity index (χ1) is 4.88. The van der Waals surface area contributed by atoms with Crippen molar-refractivity contribution in [3.05, 3.63) is 12.7 Å². The van der Waals surface area contributed by atoms with Gasteiger partial charge in [-0.3, -0.25) is 0 Å². The molecule has 0 saturated carbocycles. The van der Waals surface area contributed by atoms with Crippen molar-refractivity contribution in [3.63, 3.8) is 0 Å². The summed E-state index contributed by atoms with van der Waals surface area (Å²) < 4.78 is 4.88. The van der Waals surface area contributed by atoms with Gasteiger partial charge in [0.25, 0.3) is 0 Å². The van der Waals surface area contributed by atoms with E-state index in [2.05, 4.69) is 6.58 Å². The average Bonchev–Trinajstić information content (AvgIpc) is 1.85. The van der Waals surface area contributed by atoms with Crippen LogP contribution < -0.4 is 6.15 Å². The lowest BCUT2D eigenvalue weighted by atomic mass is 10.1. The number of alkyl halides is 1. The molecule has 0 rings (SSSR count). The lowest BCUT2D eigenvalue weighted by Gasteiger charge is -2.23. The summed E-state index contributed by atoms with van der Waals surface area (Å²) in [6.45, 7) is 8.60. The molecule has 0 aromatic heterocycles. The number of halogens is 1. The van der Waals surface area contributed by atoms with Gasteiger partial charge < -0.3 is 10.9 Å². The third-order valence-corrected chi connectivity index (χ3v) is 1.73. The number of hydrogen-bond donors (Lipinski definition) is 1. The van der Waals surface area contributed by atoms with E-state index in [1.807, 2.05) is 0 Å². The average molecular weight is 194 g/mol. The summed E-state index contributed by atoms with van der Waals surface area (Å²) in [4.78, 5) is 10.1. The van der Waals surface area contributed by atoms with E-state index in [1.165, 1.54) is 0 Å². The Kier molecular flexibility index (Phi) is 6.03. The summed E-state index contributed by atoms with van der Waals surface area (Å²) in [6.07, 6.45) is 0.814. The van der Waals surface area contributed by atoms with E-state index >= 15 is 0 Å². The van der Waals surface area contributed by atoms with Gasteiger partial charge in [0.15, 0.2) is 0 Å². The molecule has 0 aromatic rings. The number of carbonyl (C=O) groups is 1. The van der Waals surface area contributed by atoms with Crippen LogP contribution >= 0.6 is 11.6 Å². The molecule has 3 nitrogen and oxygen atoms in total. The van der Waals surface area contributed by atoms with Crippen LogP contribution in [0.15, 0.2) is 12.7 Å². The Balaban J connectivity index is 0. The van der Waals surface area contributed by atoms with Crippen LogP contribution in [0, 0.1) is 0 Å². The smallest absolute Gasteiger partial charge is 0.330 e. The highest BCUT2D eigenvalue weighted by atomic mass is 35.5. The zero-order valence-electron chi connectivity index (χ0n) is 7.76. The first-order valence-electron chi connectivity index (χ1n) is 3.40. The van der Waals surface area contributed by atoms with Crippen LogP contribution in [0.5, 0.6) is 0 Å². The molecule has 12 heavy (non-hydrogen) atoms. The first-order valence-corrected chi connectivity index (χ1v) is 3.77. The van der Waals surface area contributed by atoms with Crippen LogP contribution in [0.4, 0.5) is 0 Å². The number of rotatable bonds is 3. The molecule has 0 aliphatic rings. The van der Waals surface area contributed by atoms with E-state index in [0.717, 1.165) is 6.08 Å². The Morgan fingerprint density at radius 1 is 1.67 bits per heavy atom. The highest BCUT2D eigenvalue weighted by molar-refractivity contribution is 6.23. The minimum absolute atomic E-state index is 0. The fourth-order valence-corrected chi connectivity index (χ4v) is 0.407. The molecule has 1 atom stereocenters. The molecule has 0 fully saturated rings. The van der Waals surface area contributed by atoms with Crippen LogP contribution in [0.25, 0.3) is 0 Å². The van der Waals surface area contributed by atoms with Crippen molar-refractivity contribution in [2.45, 2.75) is 31.7 Å². The summed E-state index contributed by atoms with van der Waals surface area (Å²) in [5.41, 5.74) is 0. The van der Waals surface area contributed by atoms with Gasteiger partial charge in [0.2, 0.25) is 0 Å². The second-order valence-corrected chi connectivity index (χ2v) is 3.82. The Hall–Kier alpha value is -0.540. The molecular formula is C8H16ClNO2. The molecule has 0 aliphatic carbocycles. The van der Waals surface area contributed by atoms with Crippen molar-refractivity contribution in [1.29, 1.82) is 0 Å².